The van der Waals surface area contributed by atoms with Gasteiger partial charge in [-0.25, -0.2) is 14.4 Å². The van der Waals surface area contributed by atoms with Gasteiger partial charge < -0.3 is 14.6 Å². The highest BCUT2D eigenvalue weighted by molar-refractivity contribution is 5.92. The van der Waals surface area contributed by atoms with E-state index in [0.29, 0.717) is 28.0 Å². The summed E-state index contributed by atoms with van der Waals surface area (Å²) in [4.78, 5) is 20.3. The Labute approximate surface area is 179 Å². The SMILES string of the molecule is O=C(Cc1ccc(C(F)(F)F)cc1)Nc1ccc(Oc2ncnc3c2ccn3CF)cc1. The molecule has 0 unspecified atom stereocenters. The number of anilines is 1. The molecular formula is C22H16F4N4O2. The third-order valence-electron chi connectivity index (χ3n) is 4.65. The Morgan fingerprint density at radius 2 is 1.72 bits per heavy atom. The molecule has 1 N–H and O–H groups in total. The third-order valence-corrected chi connectivity index (χ3v) is 4.65. The van der Waals surface area contributed by atoms with E-state index in [1.807, 2.05) is 0 Å². The zero-order valence-electron chi connectivity index (χ0n) is 16.4. The minimum absolute atomic E-state index is 0.0686. The van der Waals surface area contributed by atoms with Crippen LogP contribution in [0.15, 0.2) is 67.1 Å². The van der Waals surface area contributed by atoms with Gasteiger partial charge in [0.05, 0.1) is 17.4 Å². The molecule has 0 fully saturated rings. The summed E-state index contributed by atoms with van der Waals surface area (Å²) in [5.74, 6) is 0.337. The molecule has 0 aliphatic carbocycles. The van der Waals surface area contributed by atoms with E-state index in [9.17, 15) is 22.4 Å². The van der Waals surface area contributed by atoms with E-state index < -0.39 is 18.5 Å². The normalized spacial score (nSPS) is 11.5. The molecule has 10 heteroatoms. The van der Waals surface area contributed by atoms with Crippen LogP contribution in [0.25, 0.3) is 11.0 Å². The smallest absolute Gasteiger partial charge is 0.416 e. The van der Waals surface area contributed by atoms with Crippen LogP contribution in [-0.4, -0.2) is 20.4 Å². The molecule has 0 atom stereocenters. The van der Waals surface area contributed by atoms with Crippen molar-refractivity contribution in [3.05, 3.63) is 78.2 Å². The molecule has 164 valence electrons. The van der Waals surface area contributed by atoms with Crippen LogP contribution in [-0.2, 0) is 24.2 Å². The van der Waals surface area contributed by atoms with Gasteiger partial charge in [-0.1, -0.05) is 12.1 Å². The molecule has 0 radical (unpaired) electrons. The zero-order chi connectivity index (χ0) is 22.7. The quantitative estimate of drug-likeness (QED) is 0.407. The summed E-state index contributed by atoms with van der Waals surface area (Å²) in [7, 11) is 0. The van der Waals surface area contributed by atoms with E-state index >= 15 is 0 Å². The summed E-state index contributed by atoms with van der Waals surface area (Å²) in [5.41, 5.74) is 0.596. The summed E-state index contributed by atoms with van der Waals surface area (Å²) in [5, 5.41) is 3.23. The number of rotatable bonds is 6. The predicted molar refractivity (Wildman–Crippen MR) is 109 cm³/mol. The number of benzene rings is 2. The van der Waals surface area contributed by atoms with Crippen molar-refractivity contribution in [2.75, 3.05) is 5.32 Å². The molecule has 0 bridgehead atoms. The van der Waals surface area contributed by atoms with E-state index in [2.05, 4.69) is 15.3 Å². The van der Waals surface area contributed by atoms with E-state index in [0.717, 1.165) is 12.1 Å². The van der Waals surface area contributed by atoms with Crippen LogP contribution in [0.3, 0.4) is 0 Å². The van der Waals surface area contributed by atoms with Crippen molar-refractivity contribution in [1.29, 1.82) is 0 Å². The maximum Gasteiger partial charge on any atom is 0.416 e. The number of carbonyl (C=O) groups excluding carboxylic acids is 1. The van der Waals surface area contributed by atoms with Crippen molar-refractivity contribution < 1.29 is 27.1 Å². The topological polar surface area (TPSA) is 69.0 Å². The van der Waals surface area contributed by atoms with Gasteiger partial charge >= 0.3 is 6.18 Å². The standard InChI is InChI=1S/C22H16F4N4O2/c23-12-30-10-9-18-20(30)27-13-28-21(18)32-17-7-5-16(6-8-17)29-19(31)11-14-1-3-15(4-2-14)22(24,25)26/h1-10,13H,11-12H2,(H,29,31). The number of nitrogens with one attached hydrogen (secondary N) is 1. The molecule has 2 aromatic heterocycles. The minimum Gasteiger partial charge on any atom is -0.438 e. The summed E-state index contributed by atoms with van der Waals surface area (Å²) in [6.45, 7) is -0.721. The number of nitrogens with zero attached hydrogens (tertiary/aromatic N) is 3. The average Bonchev–Trinajstić information content (AvgIpc) is 3.19. The van der Waals surface area contributed by atoms with Crippen molar-refractivity contribution in [1.82, 2.24) is 14.5 Å². The van der Waals surface area contributed by atoms with Gasteiger partial charge in [0, 0.05) is 11.9 Å². The van der Waals surface area contributed by atoms with Crippen LogP contribution in [0.1, 0.15) is 11.1 Å². The lowest BCUT2D eigenvalue weighted by Gasteiger charge is -2.09. The maximum atomic E-state index is 13.0. The first-order chi connectivity index (χ1) is 15.3. The highest BCUT2D eigenvalue weighted by Gasteiger charge is 2.29. The van der Waals surface area contributed by atoms with Gasteiger partial charge in [-0.05, 0) is 48.0 Å². The third kappa shape index (κ3) is 4.69. The molecule has 0 aliphatic rings. The van der Waals surface area contributed by atoms with Gasteiger partial charge in [-0.2, -0.15) is 13.2 Å². The van der Waals surface area contributed by atoms with Gasteiger partial charge in [0.25, 0.3) is 0 Å². The second-order valence-electron chi connectivity index (χ2n) is 6.87. The van der Waals surface area contributed by atoms with Crippen molar-refractivity contribution in [2.24, 2.45) is 0 Å². The van der Waals surface area contributed by atoms with Crippen LogP contribution in [0.4, 0.5) is 23.2 Å². The van der Waals surface area contributed by atoms with Crippen LogP contribution in [0.5, 0.6) is 11.6 Å². The molecule has 4 aromatic rings. The Bertz CT molecular complexity index is 1240. The molecule has 0 saturated carbocycles. The van der Waals surface area contributed by atoms with Crippen LogP contribution < -0.4 is 10.1 Å². The van der Waals surface area contributed by atoms with Gasteiger partial charge in [0.1, 0.15) is 17.7 Å². The molecule has 0 saturated heterocycles. The molecule has 0 aliphatic heterocycles. The number of carbonyl (C=O) groups is 1. The first-order valence-corrected chi connectivity index (χ1v) is 9.43. The molecule has 2 aromatic carbocycles. The number of hydrogen-bond acceptors (Lipinski definition) is 4. The fraction of sp³-hybridized carbons (Fsp3) is 0.136. The number of ether oxygens (including phenoxy) is 1. The van der Waals surface area contributed by atoms with Gasteiger partial charge in [0.2, 0.25) is 11.8 Å². The molecule has 2 heterocycles. The number of fused-ring (bicyclic) bond motifs is 1. The Kier molecular flexibility index (Phi) is 5.76. The van der Waals surface area contributed by atoms with E-state index in [4.69, 9.17) is 4.74 Å². The average molecular weight is 444 g/mol. The Balaban J connectivity index is 1.39. The molecule has 0 spiro atoms. The lowest BCUT2D eigenvalue weighted by atomic mass is 10.1. The highest BCUT2D eigenvalue weighted by Crippen LogP contribution is 2.30. The fourth-order valence-corrected chi connectivity index (χ4v) is 3.08. The van der Waals surface area contributed by atoms with Gasteiger partial charge in [-0.3, -0.25) is 4.79 Å². The largest absolute Gasteiger partial charge is 0.438 e. The highest BCUT2D eigenvalue weighted by atomic mass is 19.4. The van der Waals surface area contributed by atoms with E-state index in [1.54, 1.807) is 36.5 Å². The van der Waals surface area contributed by atoms with Crippen molar-refractivity contribution in [2.45, 2.75) is 19.4 Å². The predicted octanol–water partition coefficient (Wildman–Crippen LogP) is 5.35. The van der Waals surface area contributed by atoms with Crippen molar-refractivity contribution >= 4 is 22.6 Å². The summed E-state index contributed by atoms with van der Waals surface area (Å²) in [6.07, 6.45) is -1.67. The monoisotopic (exact) mass is 444 g/mol. The number of amides is 1. The minimum atomic E-state index is -4.42. The molecular weight excluding hydrogens is 428 g/mol. The second kappa shape index (κ2) is 8.66. The fourth-order valence-electron chi connectivity index (χ4n) is 3.08. The number of halogens is 4. The zero-order valence-corrected chi connectivity index (χ0v) is 16.4. The lowest BCUT2D eigenvalue weighted by molar-refractivity contribution is -0.137. The van der Waals surface area contributed by atoms with E-state index in [-0.39, 0.29) is 18.2 Å². The molecule has 32 heavy (non-hydrogen) atoms. The van der Waals surface area contributed by atoms with Crippen LogP contribution >= 0.6 is 0 Å². The van der Waals surface area contributed by atoms with Gasteiger partial charge in [-0.15, -0.1) is 0 Å². The first kappa shape index (κ1) is 21.3. The van der Waals surface area contributed by atoms with Crippen molar-refractivity contribution in [3.63, 3.8) is 0 Å². The first-order valence-electron chi connectivity index (χ1n) is 9.43. The maximum absolute atomic E-state index is 13.0. The molecule has 4 rings (SSSR count). The molecule has 6 nitrogen and oxygen atoms in total. The summed E-state index contributed by atoms with van der Waals surface area (Å²) < 4.78 is 57.9. The number of hydrogen-bond donors (Lipinski definition) is 1. The number of aromatic nitrogens is 3. The molecule has 1 amide bonds. The van der Waals surface area contributed by atoms with Crippen LogP contribution in [0.2, 0.25) is 0 Å². The summed E-state index contributed by atoms with van der Waals surface area (Å²) >= 11 is 0. The Morgan fingerprint density at radius 1 is 1.00 bits per heavy atom. The Morgan fingerprint density at radius 3 is 2.38 bits per heavy atom. The van der Waals surface area contributed by atoms with Crippen molar-refractivity contribution in [3.8, 4) is 11.6 Å². The second-order valence-corrected chi connectivity index (χ2v) is 6.87. The number of alkyl halides is 4. The summed E-state index contributed by atoms with van der Waals surface area (Å²) in [6, 6.07) is 12.6. The Hall–Kier alpha value is -3.95. The van der Waals surface area contributed by atoms with Crippen LogP contribution in [0, 0.1) is 0 Å². The lowest BCUT2D eigenvalue weighted by Crippen LogP contribution is -2.14. The van der Waals surface area contributed by atoms with Gasteiger partial charge in [0.15, 0.2) is 6.80 Å². The van der Waals surface area contributed by atoms with E-state index in [1.165, 1.54) is 23.0 Å².